The topological polar surface area (TPSA) is 118 Å². The van der Waals surface area contributed by atoms with E-state index in [1.807, 2.05) is 43.2 Å². The van der Waals surface area contributed by atoms with Crippen molar-refractivity contribution >= 4 is 40.9 Å². The maximum atomic E-state index is 13.3. The normalized spacial score (nSPS) is 16.3. The molecule has 1 aliphatic heterocycles. The maximum Gasteiger partial charge on any atom is 0.259 e. The molecule has 2 amide bonds. The summed E-state index contributed by atoms with van der Waals surface area (Å²) < 4.78 is 4.80. The Kier molecular flexibility index (Phi) is 5.63. The monoisotopic (exact) mass is 479 g/mol. The highest BCUT2D eigenvalue weighted by Crippen LogP contribution is 2.41. The molecule has 1 aromatic carbocycles. The van der Waals surface area contributed by atoms with Crippen molar-refractivity contribution in [3.63, 3.8) is 0 Å². The lowest BCUT2D eigenvalue weighted by molar-refractivity contribution is 0.0698. The third-order valence-electron chi connectivity index (χ3n) is 6.50. The minimum absolute atomic E-state index is 0.0413. The number of hydrogen-bond acceptors (Lipinski definition) is 7. The first-order valence-corrected chi connectivity index (χ1v) is 12.7. The van der Waals surface area contributed by atoms with Crippen LogP contribution >= 0.6 is 11.9 Å². The van der Waals surface area contributed by atoms with E-state index in [-0.39, 0.29) is 35.3 Å². The van der Waals surface area contributed by atoms with E-state index in [9.17, 15) is 9.59 Å². The zero-order chi connectivity index (χ0) is 24.1. The van der Waals surface area contributed by atoms with Gasteiger partial charge in [0.1, 0.15) is 5.56 Å². The molecule has 2 aromatic heterocycles. The lowest BCUT2D eigenvalue weighted by Gasteiger charge is -2.24. The van der Waals surface area contributed by atoms with Gasteiger partial charge in [0.15, 0.2) is 11.5 Å². The van der Waals surface area contributed by atoms with Gasteiger partial charge in [-0.25, -0.2) is 9.50 Å². The molecule has 0 bridgehead atoms. The van der Waals surface area contributed by atoms with E-state index in [0.29, 0.717) is 23.8 Å². The number of aromatic nitrogens is 3. The molecular formula is C24H29N7O2S. The highest BCUT2D eigenvalue weighted by Gasteiger charge is 2.39. The first-order valence-electron chi connectivity index (χ1n) is 11.5. The van der Waals surface area contributed by atoms with E-state index in [0.717, 1.165) is 22.4 Å². The molecule has 3 heterocycles. The molecule has 1 fully saturated rings. The summed E-state index contributed by atoms with van der Waals surface area (Å²) in [5.74, 6) is 0.511. The van der Waals surface area contributed by atoms with Crippen molar-refractivity contribution < 1.29 is 9.59 Å². The van der Waals surface area contributed by atoms with Crippen LogP contribution in [0.2, 0.25) is 0 Å². The lowest BCUT2D eigenvalue weighted by atomic mass is 10.0. The van der Waals surface area contributed by atoms with Crippen LogP contribution in [0, 0.1) is 5.92 Å². The van der Waals surface area contributed by atoms with Crippen LogP contribution < -0.4 is 15.8 Å². The third kappa shape index (κ3) is 3.85. The molecule has 1 aliphatic carbocycles. The number of anilines is 2. The summed E-state index contributed by atoms with van der Waals surface area (Å²) in [5, 5.41) is 7.11. The Labute approximate surface area is 202 Å². The summed E-state index contributed by atoms with van der Waals surface area (Å²) in [6.07, 6.45) is 6.06. The van der Waals surface area contributed by atoms with E-state index in [1.54, 1.807) is 6.20 Å². The van der Waals surface area contributed by atoms with Gasteiger partial charge in [0.05, 0.1) is 16.9 Å². The van der Waals surface area contributed by atoms with Crippen molar-refractivity contribution in [2.45, 2.75) is 52.2 Å². The number of rotatable bonds is 7. The van der Waals surface area contributed by atoms with Gasteiger partial charge in [0, 0.05) is 36.6 Å². The Morgan fingerprint density at radius 1 is 1.26 bits per heavy atom. The van der Waals surface area contributed by atoms with Gasteiger partial charge in [0.2, 0.25) is 0 Å². The van der Waals surface area contributed by atoms with Gasteiger partial charge in [0.25, 0.3) is 11.8 Å². The molecule has 0 spiro atoms. The van der Waals surface area contributed by atoms with Crippen LogP contribution in [0.1, 0.15) is 59.9 Å². The second kappa shape index (κ2) is 8.50. The summed E-state index contributed by atoms with van der Waals surface area (Å²) >= 11 is 1.45. The van der Waals surface area contributed by atoms with Gasteiger partial charge < -0.3 is 20.7 Å². The molecule has 3 aromatic rings. The van der Waals surface area contributed by atoms with E-state index >= 15 is 0 Å². The van der Waals surface area contributed by atoms with Crippen molar-refractivity contribution in [2.24, 2.45) is 5.92 Å². The van der Waals surface area contributed by atoms with Gasteiger partial charge in [-0.3, -0.25) is 9.59 Å². The second-order valence-corrected chi connectivity index (χ2v) is 9.96. The summed E-state index contributed by atoms with van der Waals surface area (Å²) in [6.45, 7) is 6.51. The molecule has 2 aliphatic rings. The van der Waals surface area contributed by atoms with Crippen molar-refractivity contribution in [3.05, 3.63) is 41.1 Å². The van der Waals surface area contributed by atoms with E-state index in [1.165, 1.54) is 29.3 Å². The molecule has 4 N–H and O–H groups in total. The number of amides is 2. The number of carbonyl (C=O) groups excluding carboxylic acids is 2. The second-order valence-electron chi connectivity index (χ2n) is 9.34. The number of carbonyl (C=O) groups is 2. The van der Waals surface area contributed by atoms with Gasteiger partial charge in [-0.15, -0.1) is 5.10 Å². The van der Waals surface area contributed by atoms with Gasteiger partial charge in [-0.05, 0) is 63.3 Å². The molecule has 1 unspecified atom stereocenters. The fourth-order valence-corrected chi connectivity index (χ4v) is 5.02. The third-order valence-corrected chi connectivity index (χ3v) is 6.92. The van der Waals surface area contributed by atoms with Crippen LogP contribution in [-0.4, -0.2) is 49.7 Å². The molecule has 5 rings (SSSR count). The average Bonchev–Trinajstić information content (AvgIpc) is 3.50. The zero-order valence-electron chi connectivity index (χ0n) is 19.8. The summed E-state index contributed by atoms with van der Waals surface area (Å²) in [7, 11) is 0. The molecule has 1 saturated carbocycles. The summed E-state index contributed by atoms with van der Waals surface area (Å²) in [4.78, 5) is 32.8. The maximum absolute atomic E-state index is 13.3. The first-order chi connectivity index (χ1) is 16.3. The molecule has 34 heavy (non-hydrogen) atoms. The number of fused-ring (bicyclic) bond motifs is 2. The highest BCUT2D eigenvalue weighted by atomic mass is 32.2. The number of hydrogen-bond donors (Lipinski definition) is 3. The first kappa shape index (κ1) is 22.5. The molecule has 0 radical (unpaired) electrons. The average molecular weight is 480 g/mol. The fourth-order valence-electron chi connectivity index (χ4n) is 4.64. The van der Waals surface area contributed by atoms with Crippen molar-refractivity contribution in [1.82, 2.24) is 24.8 Å². The van der Waals surface area contributed by atoms with Crippen LogP contribution in [0.3, 0.4) is 0 Å². The van der Waals surface area contributed by atoms with Crippen molar-refractivity contribution in [3.8, 4) is 11.3 Å². The number of nitrogen functional groups attached to an aromatic ring is 1. The zero-order valence-corrected chi connectivity index (χ0v) is 20.6. The Morgan fingerprint density at radius 2 is 2.03 bits per heavy atom. The molecule has 178 valence electrons. The fraction of sp³-hybridized carbons (Fsp3) is 0.417. The van der Waals surface area contributed by atoms with Gasteiger partial charge in [-0.1, -0.05) is 11.9 Å². The lowest BCUT2D eigenvalue weighted by Crippen LogP contribution is -2.34. The quantitative estimate of drug-likeness (QED) is 0.444. The molecule has 0 saturated heterocycles. The molecule has 10 heteroatoms. The van der Waals surface area contributed by atoms with E-state index in [2.05, 4.69) is 22.1 Å². The van der Waals surface area contributed by atoms with Crippen LogP contribution in [0.5, 0.6) is 0 Å². The van der Waals surface area contributed by atoms with E-state index in [4.69, 9.17) is 10.7 Å². The number of nitrogens with zero attached hydrogens (tertiary/aromatic N) is 4. The Hall–Kier alpha value is -3.27. The standard InChI is InChI=1S/C24H29N7O2S/c1-12(2)26-23(32)20-21(25)28-31-8-7-17(27-22(20)31)15-9-16-11-30(13(3)14-5-6-14)24(33)19(16)18(10-15)29-34-4/h7-10,12-14,29H,5-6,11H2,1-4H3,(H2,25,28)(H,26,32). The SMILES string of the molecule is CSNc1cc(-c2ccn3nc(N)c(C(=O)NC(C)C)c3n2)cc2c1C(=O)N(C(C)C1CC1)C2. The summed E-state index contributed by atoms with van der Waals surface area (Å²) in [6, 6.07) is 6.02. The van der Waals surface area contributed by atoms with Crippen molar-refractivity contribution in [1.29, 1.82) is 0 Å². The van der Waals surface area contributed by atoms with Gasteiger partial charge in [-0.2, -0.15) is 0 Å². The van der Waals surface area contributed by atoms with Crippen molar-refractivity contribution in [2.75, 3.05) is 16.7 Å². The Bertz CT molecular complexity index is 1300. The Balaban J connectivity index is 1.57. The minimum atomic E-state index is -0.304. The largest absolute Gasteiger partial charge is 0.381 e. The van der Waals surface area contributed by atoms with Crippen LogP contribution in [0.25, 0.3) is 16.9 Å². The predicted octanol–water partition coefficient (Wildman–Crippen LogP) is 3.56. The number of nitrogens with two attached hydrogens (primary N) is 1. The van der Waals surface area contributed by atoms with Crippen LogP contribution in [-0.2, 0) is 6.54 Å². The molecular weight excluding hydrogens is 450 g/mol. The van der Waals surface area contributed by atoms with E-state index < -0.39 is 0 Å². The summed E-state index contributed by atoms with van der Waals surface area (Å²) in [5.41, 5.74) is 10.8. The van der Waals surface area contributed by atoms with Crippen LogP contribution in [0.15, 0.2) is 24.4 Å². The smallest absolute Gasteiger partial charge is 0.259 e. The highest BCUT2D eigenvalue weighted by molar-refractivity contribution is 7.99. The minimum Gasteiger partial charge on any atom is -0.381 e. The molecule has 9 nitrogen and oxygen atoms in total. The van der Waals surface area contributed by atoms with Crippen LogP contribution in [0.4, 0.5) is 11.5 Å². The predicted molar refractivity (Wildman–Crippen MR) is 135 cm³/mol. The number of nitrogens with one attached hydrogen (secondary N) is 2. The Morgan fingerprint density at radius 3 is 2.71 bits per heavy atom. The molecule has 1 atom stereocenters. The van der Waals surface area contributed by atoms with Gasteiger partial charge >= 0.3 is 0 Å². The number of benzene rings is 1.